The predicted molar refractivity (Wildman–Crippen MR) is 66.4 cm³/mol. The molecule has 17 heavy (non-hydrogen) atoms. The second kappa shape index (κ2) is 5.83. The normalized spacial score (nSPS) is 10.4. The van der Waals surface area contributed by atoms with Crippen LogP contribution in [0, 0.1) is 0 Å². The summed E-state index contributed by atoms with van der Waals surface area (Å²) in [6.45, 7) is 1.87. The fourth-order valence-electron chi connectivity index (χ4n) is 1.53. The van der Waals surface area contributed by atoms with Crippen LogP contribution in [-0.2, 0) is 6.54 Å². The molecule has 90 valence electrons. The number of rotatable bonds is 6. The summed E-state index contributed by atoms with van der Waals surface area (Å²) < 4.78 is 2.07. The van der Waals surface area contributed by atoms with Gasteiger partial charge >= 0.3 is 0 Å². The number of hydrogen-bond acceptors (Lipinski definition) is 5. The Hall–Kier alpha value is -2.11. The van der Waals surface area contributed by atoms with E-state index in [0.717, 1.165) is 31.7 Å². The maximum atomic E-state index is 5.48. The summed E-state index contributed by atoms with van der Waals surface area (Å²) in [6, 6.07) is 1.81. The third kappa shape index (κ3) is 3.75. The van der Waals surface area contributed by atoms with Gasteiger partial charge in [0.2, 0.25) is 5.95 Å². The lowest BCUT2D eigenvalue weighted by Gasteiger charge is -2.05. The summed E-state index contributed by atoms with van der Waals surface area (Å²) in [4.78, 5) is 11.9. The second-order valence-electron chi connectivity index (χ2n) is 3.73. The van der Waals surface area contributed by atoms with Gasteiger partial charge in [-0.3, -0.25) is 0 Å². The number of anilines is 2. The Morgan fingerprint density at radius 2 is 2.24 bits per heavy atom. The maximum Gasteiger partial charge on any atom is 0.221 e. The van der Waals surface area contributed by atoms with E-state index in [2.05, 4.69) is 24.8 Å². The molecule has 2 aromatic rings. The van der Waals surface area contributed by atoms with Gasteiger partial charge in [-0.25, -0.2) is 9.97 Å². The van der Waals surface area contributed by atoms with Crippen LogP contribution in [0.25, 0.3) is 0 Å². The minimum atomic E-state index is 0.299. The smallest absolute Gasteiger partial charge is 0.221 e. The molecule has 0 aliphatic rings. The van der Waals surface area contributed by atoms with Crippen LogP contribution in [0.4, 0.5) is 11.8 Å². The Bertz CT molecular complexity index is 439. The Balaban J connectivity index is 1.63. The van der Waals surface area contributed by atoms with E-state index in [1.165, 1.54) is 0 Å². The summed E-state index contributed by atoms with van der Waals surface area (Å²) in [5.74, 6) is 1.08. The molecule has 0 aliphatic carbocycles. The molecule has 0 aliphatic heterocycles. The van der Waals surface area contributed by atoms with Crippen molar-refractivity contribution in [2.45, 2.75) is 19.4 Å². The maximum absolute atomic E-state index is 5.48. The van der Waals surface area contributed by atoms with Crippen LogP contribution >= 0.6 is 0 Å². The molecule has 6 nitrogen and oxygen atoms in total. The molecule has 2 heterocycles. The Morgan fingerprint density at radius 3 is 3.00 bits per heavy atom. The van der Waals surface area contributed by atoms with Gasteiger partial charge in [0.05, 0.1) is 6.33 Å². The van der Waals surface area contributed by atoms with Gasteiger partial charge in [0, 0.05) is 31.7 Å². The highest BCUT2D eigenvalue weighted by Crippen LogP contribution is 2.03. The summed E-state index contributed by atoms with van der Waals surface area (Å²) in [5.41, 5.74) is 5.48. The first kappa shape index (κ1) is 11.4. The van der Waals surface area contributed by atoms with Crippen LogP contribution in [0.2, 0.25) is 0 Å². The summed E-state index contributed by atoms with van der Waals surface area (Å²) in [5, 5.41) is 3.21. The fraction of sp³-hybridized carbons (Fsp3) is 0.364. The van der Waals surface area contributed by atoms with Crippen LogP contribution in [-0.4, -0.2) is 26.1 Å². The van der Waals surface area contributed by atoms with Crippen LogP contribution in [0.5, 0.6) is 0 Å². The van der Waals surface area contributed by atoms with Crippen LogP contribution in [0.3, 0.4) is 0 Å². The number of imidazole rings is 1. The Morgan fingerprint density at radius 1 is 1.29 bits per heavy atom. The number of nitrogens with two attached hydrogens (primary N) is 1. The minimum absolute atomic E-state index is 0.299. The lowest BCUT2D eigenvalue weighted by Crippen LogP contribution is -2.06. The highest BCUT2D eigenvalue weighted by atomic mass is 15.1. The van der Waals surface area contributed by atoms with E-state index in [-0.39, 0.29) is 0 Å². The van der Waals surface area contributed by atoms with Crippen molar-refractivity contribution in [2.75, 3.05) is 17.6 Å². The summed E-state index contributed by atoms with van der Waals surface area (Å²) in [6.07, 6.45) is 9.42. The number of nitrogens with zero attached hydrogens (tertiary/aromatic N) is 4. The van der Waals surface area contributed by atoms with Gasteiger partial charge in [-0.15, -0.1) is 0 Å². The molecule has 0 aromatic carbocycles. The number of hydrogen-bond donors (Lipinski definition) is 2. The quantitative estimate of drug-likeness (QED) is 0.730. The molecule has 0 atom stereocenters. The van der Waals surface area contributed by atoms with Crippen molar-refractivity contribution in [3.8, 4) is 0 Å². The third-order valence-corrected chi connectivity index (χ3v) is 2.38. The molecular formula is C11H16N6. The first-order valence-corrected chi connectivity index (χ1v) is 5.63. The lowest BCUT2D eigenvalue weighted by molar-refractivity contribution is 0.620. The third-order valence-electron chi connectivity index (χ3n) is 2.38. The molecule has 3 N–H and O–H groups in total. The van der Waals surface area contributed by atoms with E-state index >= 15 is 0 Å². The molecule has 6 heteroatoms. The number of unbranched alkanes of at least 4 members (excludes halogenated alkanes) is 1. The highest BCUT2D eigenvalue weighted by Gasteiger charge is 1.95. The van der Waals surface area contributed by atoms with Gasteiger partial charge in [0.15, 0.2) is 0 Å². The van der Waals surface area contributed by atoms with Crippen molar-refractivity contribution in [1.82, 2.24) is 19.5 Å². The molecule has 0 spiro atoms. The summed E-state index contributed by atoms with van der Waals surface area (Å²) >= 11 is 0. The van der Waals surface area contributed by atoms with Crippen molar-refractivity contribution in [1.29, 1.82) is 0 Å². The molecular weight excluding hydrogens is 216 g/mol. The number of nitrogens with one attached hydrogen (secondary N) is 1. The first-order valence-electron chi connectivity index (χ1n) is 5.63. The number of aryl methyl sites for hydroxylation is 1. The summed E-state index contributed by atoms with van der Waals surface area (Å²) in [7, 11) is 0. The van der Waals surface area contributed by atoms with Crippen molar-refractivity contribution in [3.05, 3.63) is 31.0 Å². The molecule has 2 aromatic heterocycles. The largest absolute Gasteiger partial charge is 0.370 e. The SMILES string of the molecule is Nc1nccc(NCCCCn2ccnc2)n1. The van der Waals surface area contributed by atoms with E-state index in [0.29, 0.717) is 5.95 Å². The van der Waals surface area contributed by atoms with Gasteiger partial charge in [-0.2, -0.15) is 4.98 Å². The monoisotopic (exact) mass is 232 g/mol. The molecule has 0 amide bonds. The number of nitrogen functional groups attached to an aromatic ring is 1. The Kier molecular flexibility index (Phi) is 3.90. The lowest BCUT2D eigenvalue weighted by atomic mass is 10.3. The topological polar surface area (TPSA) is 81.6 Å². The Labute approximate surface area is 99.9 Å². The molecule has 0 radical (unpaired) electrons. The zero-order chi connectivity index (χ0) is 11.9. The zero-order valence-electron chi connectivity index (χ0n) is 9.58. The zero-order valence-corrected chi connectivity index (χ0v) is 9.58. The van der Waals surface area contributed by atoms with Gasteiger partial charge in [-0.1, -0.05) is 0 Å². The standard InChI is InChI=1S/C11H16N6/c12-11-15-5-3-10(16-11)14-4-1-2-7-17-8-6-13-9-17/h3,5-6,8-9H,1-2,4,7H2,(H3,12,14,15,16). The van der Waals surface area contributed by atoms with E-state index < -0.39 is 0 Å². The van der Waals surface area contributed by atoms with Crippen LogP contribution in [0.1, 0.15) is 12.8 Å². The molecule has 0 bridgehead atoms. The van der Waals surface area contributed by atoms with Crippen LogP contribution < -0.4 is 11.1 Å². The van der Waals surface area contributed by atoms with E-state index in [9.17, 15) is 0 Å². The van der Waals surface area contributed by atoms with Crippen LogP contribution in [0.15, 0.2) is 31.0 Å². The van der Waals surface area contributed by atoms with Gasteiger partial charge in [0.25, 0.3) is 0 Å². The van der Waals surface area contributed by atoms with E-state index in [4.69, 9.17) is 5.73 Å². The fourth-order valence-corrected chi connectivity index (χ4v) is 1.53. The average Bonchev–Trinajstić information content (AvgIpc) is 2.82. The first-order chi connectivity index (χ1) is 8.34. The molecule has 0 saturated heterocycles. The van der Waals surface area contributed by atoms with Gasteiger partial charge in [-0.05, 0) is 18.9 Å². The van der Waals surface area contributed by atoms with Gasteiger partial charge in [0.1, 0.15) is 5.82 Å². The average molecular weight is 232 g/mol. The molecule has 0 unspecified atom stereocenters. The van der Waals surface area contributed by atoms with Crippen molar-refractivity contribution >= 4 is 11.8 Å². The van der Waals surface area contributed by atoms with Crippen molar-refractivity contribution in [2.24, 2.45) is 0 Å². The highest BCUT2D eigenvalue weighted by molar-refractivity contribution is 5.36. The predicted octanol–water partition coefficient (Wildman–Crippen LogP) is 1.15. The van der Waals surface area contributed by atoms with Crippen molar-refractivity contribution < 1.29 is 0 Å². The number of aromatic nitrogens is 4. The van der Waals surface area contributed by atoms with E-state index in [1.54, 1.807) is 12.4 Å². The van der Waals surface area contributed by atoms with Gasteiger partial charge < -0.3 is 15.6 Å². The second-order valence-corrected chi connectivity index (χ2v) is 3.73. The van der Waals surface area contributed by atoms with Crippen molar-refractivity contribution in [3.63, 3.8) is 0 Å². The molecule has 2 rings (SSSR count). The molecule has 0 fully saturated rings. The molecule has 0 saturated carbocycles. The van der Waals surface area contributed by atoms with E-state index in [1.807, 2.05) is 18.6 Å². The minimum Gasteiger partial charge on any atom is -0.370 e.